The largest absolute Gasteiger partial charge is 0.493 e. The summed E-state index contributed by atoms with van der Waals surface area (Å²) in [4.78, 5) is 10.9. The number of rotatable bonds is 8. The van der Waals surface area contributed by atoms with Crippen LogP contribution < -0.4 is 25.9 Å². The highest BCUT2D eigenvalue weighted by atomic mass is 16.5. The molecule has 1 aromatic carbocycles. The number of ether oxygens (including phenoxy) is 2. The predicted molar refractivity (Wildman–Crippen MR) is 111 cm³/mol. The summed E-state index contributed by atoms with van der Waals surface area (Å²) < 4.78 is 10.6. The second-order valence-corrected chi connectivity index (χ2v) is 6.75. The molecule has 1 aliphatic rings. The fraction of sp³-hybridized carbons (Fsp3) is 0.474. The van der Waals surface area contributed by atoms with E-state index in [1.807, 2.05) is 18.2 Å². The van der Waals surface area contributed by atoms with Gasteiger partial charge in [-0.1, -0.05) is 6.07 Å². The van der Waals surface area contributed by atoms with Crippen LogP contribution in [-0.2, 0) is 6.42 Å². The Kier molecular flexibility index (Phi) is 6.72. The highest BCUT2D eigenvalue weighted by Crippen LogP contribution is 2.28. The lowest BCUT2D eigenvalue weighted by Gasteiger charge is -2.32. The number of hydrazine groups is 1. The zero-order valence-corrected chi connectivity index (χ0v) is 16.7. The fourth-order valence-electron chi connectivity index (χ4n) is 3.05. The quantitative estimate of drug-likeness (QED) is 0.619. The van der Waals surface area contributed by atoms with Crippen LogP contribution in [0.2, 0.25) is 0 Å². The van der Waals surface area contributed by atoms with E-state index in [0.29, 0.717) is 23.9 Å². The van der Waals surface area contributed by atoms with Crippen molar-refractivity contribution >= 4 is 17.3 Å². The molecular weight excluding hydrogens is 358 g/mol. The molecule has 2 heterocycles. The van der Waals surface area contributed by atoms with Gasteiger partial charge >= 0.3 is 0 Å². The molecule has 4 N–H and O–H groups in total. The maximum Gasteiger partial charge on any atom is 0.169 e. The maximum atomic E-state index is 6.27. The number of hydrogen-bond donors (Lipinski definition) is 3. The highest BCUT2D eigenvalue weighted by Gasteiger charge is 2.16. The van der Waals surface area contributed by atoms with Crippen LogP contribution in [0.4, 0.5) is 17.3 Å². The molecule has 152 valence electrons. The van der Waals surface area contributed by atoms with Gasteiger partial charge in [-0.3, -0.25) is 0 Å². The van der Waals surface area contributed by atoms with E-state index < -0.39 is 0 Å². The minimum atomic E-state index is 0.522. The number of benzene rings is 1. The second kappa shape index (κ2) is 9.43. The molecule has 3 rings (SSSR count). The zero-order chi connectivity index (χ0) is 19.9. The lowest BCUT2D eigenvalue weighted by Crippen LogP contribution is -2.47. The number of likely N-dealkylation sites (N-methyl/N-ethyl adjacent to an activating group) is 1. The standard InChI is InChI=1S/C19H29N7O2/c1-25-8-10-26(11-9-25)24-19-17(20)18(22-13-23-19)21-7-6-14-4-5-15(27-2)16(12-14)28-3/h4-5,12-13H,6-11,20H2,1-3H3,(H2,21,22,23,24). The van der Waals surface area contributed by atoms with E-state index in [1.165, 1.54) is 6.33 Å². The first-order valence-corrected chi connectivity index (χ1v) is 9.36. The third kappa shape index (κ3) is 4.93. The molecule has 0 aliphatic carbocycles. The first kappa shape index (κ1) is 20.0. The third-order valence-electron chi connectivity index (χ3n) is 4.81. The van der Waals surface area contributed by atoms with Crippen molar-refractivity contribution in [2.45, 2.75) is 6.42 Å². The maximum absolute atomic E-state index is 6.27. The molecule has 0 bridgehead atoms. The van der Waals surface area contributed by atoms with Crippen molar-refractivity contribution in [3.05, 3.63) is 30.1 Å². The van der Waals surface area contributed by atoms with E-state index in [-0.39, 0.29) is 0 Å². The smallest absolute Gasteiger partial charge is 0.169 e. The van der Waals surface area contributed by atoms with Crippen LogP contribution >= 0.6 is 0 Å². The van der Waals surface area contributed by atoms with Crippen LogP contribution in [0.1, 0.15) is 5.56 Å². The van der Waals surface area contributed by atoms with Crippen LogP contribution in [-0.4, -0.2) is 73.9 Å². The monoisotopic (exact) mass is 387 g/mol. The fourth-order valence-corrected chi connectivity index (χ4v) is 3.05. The molecule has 1 aromatic heterocycles. The molecular formula is C19H29N7O2. The highest BCUT2D eigenvalue weighted by molar-refractivity contribution is 5.73. The van der Waals surface area contributed by atoms with Crippen LogP contribution in [0.5, 0.6) is 11.5 Å². The van der Waals surface area contributed by atoms with Gasteiger partial charge in [-0.15, -0.1) is 0 Å². The average molecular weight is 387 g/mol. The van der Waals surface area contributed by atoms with Gasteiger partial charge in [0.05, 0.1) is 14.2 Å². The Labute approximate surface area is 165 Å². The predicted octanol–water partition coefficient (Wildman–Crippen LogP) is 1.30. The molecule has 9 heteroatoms. The van der Waals surface area contributed by atoms with Crippen molar-refractivity contribution in [3.8, 4) is 11.5 Å². The van der Waals surface area contributed by atoms with E-state index in [1.54, 1.807) is 14.2 Å². The summed E-state index contributed by atoms with van der Waals surface area (Å²) in [6, 6.07) is 5.90. The van der Waals surface area contributed by atoms with Crippen LogP contribution in [0.3, 0.4) is 0 Å². The van der Waals surface area contributed by atoms with E-state index in [9.17, 15) is 0 Å². The summed E-state index contributed by atoms with van der Waals surface area (Å²) in [5.74, 6) is 2.71. The Morgan fingerprint density at radius 1 is 1.04 bits per heavy atom. The summed E-state index contributed by atoms with van der Waals surface area (Å²) in [5.41, 5.74) is 11.2. The number of aromatic nitrogens is 2. The Morgan fingerprint density at radius 2 is 1.75 bits per heavy atom. The van der Waals surface area contributed by atoms with Crippen LogP contribution in [0.15, 0.2) is 24.5 Å². The van der Waals surface area contributed by atoms with E-state index in [4.69, 9.17) is 15.2 Å². The van der Waals surface area contributed by atoms with Crippen molar-refractivity contribution in [3.63, 3.8) is 0 Å². The molecule has 9 nitrogen and oxygen atoms in total. The summed E-state index contributed by atoms with van der Waals surface area (Å²) in [6.07, 6.45) is 2.32. The molecule has 0 amide bonds. The molecule has 28 heavy (non-hydrogen) atoms. The van der Waals surface area contributed by atoms with Crippen LogP contribution in [0.25, 0.3) is 0 Å². The first-order chi connectivity index (χ1) is 13.6. The SMILES string of the molecule is COc1ccc(CCNc2ncnc(NN3CCN(C)CC3)c2N)cc1OC. The minimum absolute atomic E-state index is 0.522. The Hall–Kier alpha value is -2.78. The van der Waals surface area contributed by atoms with Crippen molar-refractivity contribution < 1.29 is 9.47 Å². The molecule has 1 saturated heterocycles. The van der Waals surface area contributed by atoms with Gasteiger partial charge in [0.15, 0.2) is 23.1 Å². The third-order valence-corrected chi connectivity index (χ3v) is 4.81. The topological polar surface area (TPSA) is 101 Å². The zero-order valence-electron chi connectivity index (χ0n) is 16.7. The number of nitrogens with zero attached hydrogens (tertiary/aromatic N) is 4. The van der Waals surface area contributed by atoms with Crippen molar-refractivity contribution in [1.29, 1.82) is 0 Å². The van der Waals surface area contributed by atoms with Crippen LogP contribution in [0, 0.1) is 0 Å². The number of nitrogens with one attached hydrogen (secondary N) is 2. The number of methoxy groups -OCH3 is 2. The molecule has 0 atom stereocenters. The summed E-state index contributed by atoms with van der Waals surface area (Å²) in [5, 5.41) is 5.43. The van der Waals surface area contributed by atoms with E-state index >= 15 is 0 Å². The number of nitrogens with two attached hydrogens (primary N) is 1. The second-order valence-electron chi connectivity index (χ2n) is 6.75. The summed E-state index contributed by atoms with van der Waals surface area (Å²) in [7, 11) is 5.39. The van der Waals surface area contributed by atoms with Gasteiger partial charge in [0.1, 0.15) is 12.0 Å². The summed E-state index contributed by atoms with van der Waals surface area (Å²) >= 11 is 0. The molecule has 2 aromatic rings. The molecule has 0 spiro atoms. The van der Waals surface area contributed by atoms with E-state index in [0.717, 1.165) is 49.7 Å². The molecule has 1 aliphatic heterocycles. The van der Waals surface area contributed by atoms with E-state index in [2.05, 4.69) is 37.7 Å². The Morgan fingerprint density at radius 3 is 2.46 bits per heavy atom. The number of hydrogen-bond acceptors (Lipinski definition) is 9. The van der Waals surface area contributed by atoms with Crippen molar-refractivity contribution in [2.75, 3.05) is 70.5 Å². The molecule has 0 saturated carbocycles. The normalized spacial score (nSPS) is 15.2. The van der Waals surface area contributed by atoms with Gasteiger partial charge in [-0.2, -0.15) is 0 Å². The molecule has 1 fully saturated rings. The Balaban J connectivity index is 1.57. The Bertz CT molecular complexity index is 779. The van der Waals surface area contributed by atoms with Gasteiger partial charge in [-0.25, -0.2) is 15.0 Å². The average Bonchev–Trinajstić information content (AvgIpc) is 2.72. The first-order valence-electron chi connectivity index (χ1n) is 9.36. The minimum Gasteiger partial charge on any atom is -0.493 e. The molecule has 0 radical (unpaired) electrons. The van der Waals surface area contributed by atoms with Crippen molar-refractivity contribution in [1.82, 2.24) is 19.9 Å². The molecule has 0 unspecified atom stereocenters. The number of nitrogen functional groups attached to an aromatic ring is 1. The van der Waals surface area contributed by atoms with Gasteiger partial charge in [0, 0.05) is 32.7 Å². The van der Waals surface area contributed by atoms with Gasteiger partial charge < -0.3 is 30.8 Å². The van der Waals surface area contributed by atoms with Gasteiger partial charge in [-0.05, 0) is 31.2 Å². The van der Waals surface area contributed by atoms with Gasteiger partial charge in [0.2, 0.25) is 0 Å². The van der Waals surface area contributed by atoms with Gasteiger partial charge in [0.25, 0.3) is 0 Å². The lowest BCUT2D eigenvalue weighted by atomic mass is 10.1. The van der Waals surface area contributed by atoms with Crippen molar-refractivity contribution in [2.24, 2.45) is 0 Å². The number of anilines is 3. The lowest BCUT2D eigenvalue weighted by molar-refractivity contribution is 0.178. The number of piperazine rings is 1. The summed E-state index contributed by atoms with van der Waals surface area (Å²) in [6.45, 7) is 4.54.